The van der Waals surface area contributed by atoms with Crippen LogP contribution >= 0.6 is 12.0 Å². The van der Waals surface area contributed by atoms with Crippen molar-refractivity contribution in [3.63, 3.8) is 0 Å². The first-order chi connectivity index (χ1) is 9.06. The third-order valence-electron chi connectivity index (χ3n) is 2.56. The molecule has 0 bridgehead atoms. The normalized spacial score (nSPS) is 10.2. The van der Waals surface area contributed by atoms with Crippen molar-refractivity contribution in [2.45, 2.75) is 18.7 Å². The Hall–Kier alpha value is -2.01. The van der Waals surface area contributed by atoms with E-state index >= 15 is 0 Å². The molecule has 0 aliphatic carbocycles. The van der Waals surface area contributed by atoms with Crippen molar-refractivity contribution in [2.75, 3.05) is 0 Å². The van der Waals surface area contributed by atoms with Crippen LogP contribution in [0.2, 0.25) is 0 Å². The molecule has 19 heavy (non-hydrogen) atoms. The number of rotatable bonds is 4. The highest BCUT2D eigenvalue weighted by molar-refractivity contribution is 7.95. The number of nitro benzene ring substituents is 1. The molecule has 0 aromatic heterocycles. The highest BCUT2D eigenvalue weighted by Crippen LogP contribution is 2.32. The number of benzene rings is 2. The molecule has 0 unspecified atom stereocenters. The van der Waals surface area contributed by atoms with E-state index in [1.54, 1.807) is 12.1 Å². The first kappa shape index (κ1) is 13.4. The summed E-state index contributed by atoms with van der Waals surface area (Å²) in [7, 11) is 0. The molecule has 0 amide bonds. The molecular weight excluding hydrogens is 262 g/mol. The van der Waals surface area contributed by atoms with Gasteiger partial charge in [-0.25, -0.2) is 0 Å². The van der Waals surface area contributed by atoms with E-state index in [4.69, 9.17) is 4.18 Å². The van der Waals surface area contributed by atoms with Gasteiger partial charge in [0.05, 0.1) is 17.0 Å². The van der Waals surface area contributed by atoms with Gasteiger partial charge in [-0.3, -0.25) is 10.1 Å². The second kappa shape index (κ2) is 5.75. The maximum Gasteiger partial charge on any atom is 0.312 e. The van der Waals surface area contributed by atoms with Gasteiger partial charge in [0, 0.05) is 11.0 Å². The van der Waals surface area contributed by atoms with Crippen LogP contribution in [0.15, 0.2) is 47.4 Å². The minimum absolute atomic E-state index is 0.0230. The van der Waals surface area contributed by atoms with Crippen molar-refractivity contribution in [2.24, 2.45) is 0 Å². The van der Waals surface area contributed by atoms with E-state index < -0.39 is 4.92 Å². The van der Waals surface area contributed by atoms with Gasteiger partial charge in [-0.15, -0.1) is 0 Å². The van der Waals surface area contributed by atoms with Crippen LogP contribution in [0.1, 0.15) is 11.1 Å². The van der Waals surface area contributed by atoms with Crippen LogP contribution in [-0.2, 0) is 0 Å². The molecule has 0 atom stereocenters. The molecule has 0 saturated heterocycles. The zero-order valence-electron chi connectivity index (χ0n) is 10.6. The molecule has 5 heteroatoms. The third-order valence-corrected chi connectivity index (χ3v) is 3.29. The standard InChI is InChI=1S/C14H13NO3S/c1-10-3-6-12(7-4-10)19-18-14-9-11(2)5-8-13(14)15(16)17/h3-9H,1-2H3. The summed E-state index contributed by atoms with van der Waals surface area (Å²) in [4.78, 5) is 11.4. The topological polar surface area (TPSA) is 52.4 Å². The van der Waals surface area contributed by atoms with Gasteiger partial charge < -0.3 is 4.18 Å². The average Bonchev–Trinajstić information content (AvgIpc) is 2.38. The van der Waals surface area contributed by atoms with E-state index in [2.05, 4.69) is 0 Å². The number of aryl methyl sites for hydroxylation is 2. The lowest BCUT2D eigenvalue weighted by Crippen LogP contribution is -1.93. The maximum absolute atomic E-state index is 10.9. The van der Waals surface area contributed by atoms with Gasteiger partial charge in [0.15, 0.2) is 0 Å². The van der Waals surface area contributed by atoms with Gasteiger partial charge >= 0.3 is 5.69 Å². The van der Waals surface area contributed by atoms with Gasteiger partial charge in [0.1, 0.15) is 0 Å². The third kappa shape index (κ3) is 3.48. The van der Waals surface area contributed by atoms with Crippen LogP contribution in [0.3, 0.4) is 0 Å². The number of hydrogen-bond donors (Lipinski definition) is 0. The van der Waals surface area contributed by atoms with E-state index in [0.717, 1.165) is 28.1 Å². The number of nitrogens with zero attached hydrogens (tertiary/aromatic N) is 1. The van der Waals surface area contributed by atoms with Crippen molar-refractivity contribution in [3.05, 3.63) is 63.7 Å². The lowest BCUT2D eigenvalue weighted by molar-refractivity contribution is -0.385. The molecule has 0 saturated carbocycles. The van der Waals surface area contributed by atoms with Crippen LogP contribution < -0.4 is 4.18 Å². The lowest BCUT2D eigenvalue weighted by Gasteiger charge is -2.05. The Balaban J connectivity index is 2.16. The second-order valence-corrected chi connectivity index (χ2v) is 5.01. The van der Waals surface area contributed by atoms with E-state index in [0.29, 0.717) is 0 Å². The lowest BCUT2D eigenvalue weighted by atomic mass is 10.2. The highest BCUT2D eigenvalue weighted by Gasteiger charge is 2.15. The summed E-state index contributed by atoms with van der Waals surface area (Å²) in [5, 5.41) is 10.9. The molecule has 0 N–H and O–H groups in total. The summed E-state index contributed by atoms with van der Waals surface area (Å²) in [6, 6.07) is 12.6. The van der Waals surface area contributed by atoms with Gasteiger partial charge in [0.2, 0.25) is 5.75 Å². The molecule has 4 nitrogen and oxygen atoms in total. The quantitative estimate of drug-likeness (QED) is 0.474. The molecular formula is C14H13NO3S. The molecule has 2 rings (SSSR count). The summed E-state index contributed by atoms with van der Waals surface area (Å²) in [5.74, 6) is 0.274. The van der Waals surface area contributed by atoms with Crippen molar-refractivity contribution >= 4 is 17.7 Å². The molecule has 0 radical (unpaired) electrons. The van der Waals surface area contributed by atoms with Gasteiger partial charge in [-0.05, 0) is 37.6 Å². The minimum atomic E-state index is -0.440. The first-order valence-electron chi connectivity index (χ1n) is 5.72. The molecule has 0 aliphatic heterocycles. The molecule has 0 aliphatic rings. The van der Waals surface area contributed by atoms with E-state index in [9.17, 15) is 10.1 Å². The first-order valence-corrected chi connectivity index (χ1v) is 6.46. The second-order valence-electron chi connectivity index (χ2n) is 4.21. The fraction of sp³-hybridized carbons (Fsp3) is 0.143. The van der Waals surface area contributed by atoms with Crippen LogP contribution in [0.5, 0.6) is 5.75 Å². The van der Waals surface area contributed by atoms with E-state index in [-0.39, 0.29) is 11.4 Å². The van der Waals surface area contributed by atoms with Crippen molar-refractivity contribution in [1.29, 1.82) is 0 Å². The van der Waals surface area contributed by atoms with Crippen LogP contribution in [0, 0.1) is 24.0 Å². The largest absolute Gasteiger partial charge is 0.413 e. The fourth-order valence-corrected chi connectivity index (χ4v) is 2.09. The van der Waals surface area contributed by atoms with Crippen LogP contribution in [-0.4, -0.2) is 4.92 Å². The van der Waals surface area contributed by atoms with Gasteiger partial charge in [0.25, 0.3) is 0 Å². The Morgan fingerprint density at radius 3 is 2.32 bits per heavy atom. The Morgan fingerprint density at radius 1 is 1.05 bits per heavy atom. The summed E-state index contributed by atoms with van der Waals surface area (Å²) in [6.07, 6.45) is 0. The van der Waals surface area contributed by atoms with Crippen molar-refractivity contribution in [3.8, 4) is 5.75 Å². The van der Waals surface area contributed by atoms with Crippen LogP contribution in [0.25, 0.3) is 0 Å². The Kier molecular flexibility index (Phi) is 4.06. The van der Waals surface area contributed by atoms with Gasteiger partial charge in [-0.2, -0.15) is 0 Å². The monoisotopic (exact) mass is 275 g/mol. The predicted molar refractivity (Wildman–Crippen MR) is 75.5 cm³/mol. The Bertz CT molecular complexity index is 596. The molecule has 2 aromatic rings. The average molecular weight is 275 g/mol. The molecule has 98 valence electrons. The minimum Gasteiger partial charge on any atom is -0.413 e. The zero-order chi connectivity index (χ0) is 13.8. The molecule has 0 fully saturated rings. The van der Waals surface area contributed by atoms with Crippen molar-refractivity contribution in [1.82, 2.24) is 0 Å². The van der Waals surface area contributed by atoms with E-state index in [1.807, 2.05) is 38.1 Å². The summed E-state index contributed by atoms with van der Waals surface area (Å²) >= 11 is 1.12. The smallest absolute Gasteiger partial charge is 0.312 e. The number of nitro groups is 1. The number of hydrogen-bond acceptors (Lipinski definition) is 4. The zero-order valence-corrected chi connectivity index (χ0v) is 11.4. The molecule has 0 heterocycles. The fourth-order valence-electron chi connectivity index (χ4n) is 1.53. The van der Waals surface area contributed by atoms with Crippen LogP contribution in [0.4, 0.5) is 5.69 Å². The molecule has 2 aromatic carbocycles. The predicted octanol–water partition coefficient (Wildman–Crippen LogP) is 4.30. The Labute approximate surface area is 115 Å². The summed E-state index contributed by atoms with van der Waals surface area (Å²) in [5.41, 5.74) is 2.06. The Morgan fingerprint density at radius 2 is 1.68 bits per heavy atom. The maximum atomic E-state index is 10.9. The van der Waals surface area contributed by atoms with Gasteiger partial charge in [-0.1, -0.05) is 23.8 Å². The van der Waals surface area contributed by atoms with Crippen molar-refractivity contribution < 1.29 is 9.11 Å². The van der Waals surface area contributed by atoms with E-state index in [1.165, 1.54) is 6.07 Å². The molecule has 0 spiro atoms. The SMILES string of the molecule is Cc1ccc(SOc2cc(C)ccc2[N+](=O)[O-])cc1. The summed E-state index contributed by atoms with van der Waals surface area (Å²) in [6.45, 7) is 3.87. The highest BCUT2D eigenvalue weighted by atomic mass is 32.2. The summed E-state index contributed by atoms with van der Waals surface area (Å²) < 4.78 is 5.48.